The fourth-order valence-electron chi connectivity index (χ4n) is 2.29. The van der Waals surface area contributed by atoms with Gasteiger partial charge in [0, 0.05) is 23.1 Å². The van der Waals surface area contributed by atoms with E-state index < -0.39 is 0 Å². The smallest absolute Gasteiger partial charge is 0.0599 e. The van der Waals surface area contributed by atoms with Crippen LogP contribution < -0.4 is 5.32 Å². The summed E-state index contributed by atoms with van der Waals surface area (Å²) in [5.41, 5.74) is 2.42. The van der Waals surface area contributed by atoms with E-state index >= 15 is 0 Å². The minimum absolute atomic E-state index is 0.517. The zero-order valence-electron chi connectivity index (χ0n) is 11.6. The molecule has 97 valence electrons. The molecular weight excluding hydrogens is 220 g/mol. The van der Waals surface area contributed by atoms with Crippen molar-refractivity contribution >= 4 is 16.6 Å². The second kappa shape index (κ2) is 5.94. The molecule has 1 heterocycles. The molecule has 0 saturated carbocycles. The molecule has 0 bridgehead atoms. The number of aromatic nitrogens is 1. The lowest BCUT2D eigenvalue weighted by Crippen LogP contribution is -2.14. The van der Waals surface area contributed by atoms with Crippen molar-refractivity contribution in [2.24, 2.45) is 0 Å². The summed E-state index contributed by atoms with van der Waals surface area (Å²) in [5, 5.41) is 4.88. The molecule has 2 aromatic rings. The first-order chi connectivity index (χ1) is 8.66. The number of hydrogen-bond acceptors (Lipinski definition) is 1. The van der Waals surface area contributed by atoms with E-state index in [1.165, 1.54) is 41.8 Å². The van der Waals surface area contributed by atoms with Gasteiger partial charge in [-0.25, -0.2) is 0 Å². The van der Waals surface area contributed by atoms with Crippen LogP contribution >= 0.6 is 0 Å². The van der Waals surface area contributed by atoms with E-state index in [1.807, 2.05) is 0 Å². The highest BCUT2D eigenvalue weighted by atomic mass is 14.9. The van der Waals surface area contributed by atoms with Gasteiger partial charge >= 0.3 is 0 Å². The minimum Gasteiger partial charge on any atom is -0.381 e. The van der Waals surface area contributed by atoms with Gasteiger partial charge in [-0.1, -0.05) is 38.5 Å². The molecule has 0 spiro atoms. The first-order valence-electron chi connectivity index (χ1n) is 6.78. The molecule has 0 aliphatic carbocycles. The van der Waals surface area contributed by atoms with E-state index in [9.17, 15) is 0 Å². The molecule has 2 nitrogen and oxygen atoms in total. The predicted molar refractivity (Wildman–Crippen MR) is 79.8 cm³/mol. The molecule has 0 aliphatic rings. The number of aromatic amines is 1. The Kier molecular flexibility index (Phi) is 4.29. The second-order valence-electron chi connectivity index (χ2n) is 5.39. The zero-order chi connectivity index (χ0) is 13.0. The number of nitrogens with one attached hydrogen (secondary N) is 2. The van der Waals surface area contributed by atoms with Gasteiger partial charge in [-0.05, 0) is 31.7 Å². The Labute approximate surface area is 110 Å². The highest BCUT2D eigenvalue weighted by Gasteiger charge is 2.07. The Morgan fingerprint density at radius 1 is 1.28 bits per heavy atom. The normalized spacial score (nSPS) is 13.1. The van der Waals surface area contributed by atoms with Crippen LogP contribution in [0.25, 0.3) is 10.9 Å². The van der Waals surface area contributed by atoms with Crippen LogP contribution in [0.5, 0.6) is 0 Å². The van der Waals surface area contributed by atoms with Gasteiger partial charge in [0.05, 0.1) is 5.69 Å². The van der Waals surface area contributed by atoms with E-state index in [-0.39, 0.29) is 0 Å². The Morgan fingerprint density at radius 2 is 2.06 bits per heavy atom. The molecule has 1 radical (unpaired) electrons. The highest BCUT2D eigenvalue weighted by molar-refractivity contribution is 5.92. The fourth-order valence-corrected chi connectivity index (χ4v) is 2.29. The molecule has 2 N–H and O–H groups in total. The van der Waals surface area contributed by atoms with Crippen LogP contribution in [-0.2, 0) is 0 Å². The molecule has 0 saturated heterocycles. The van der Waals surface area contributed by atoms with E-state index in [4.69, 9.17) is 0 Å². The summed E-state index contributed by atoms with van der Waals surface area (Å²) >= 11 is 0. The van der Waals surface area contributed by atoms with Gasteiger partial charge in [0.15, 0.2) is 0 Å². The van der Waals surface area contributed by atoms with E-state index in [0.29, 0.717) is 6.04 Å². The van der Waals surface area contributed by atoms with E-state index in [2.05, 4.69) is 61.5 Å². The first-order valence-corrected chi connectivity index (χ1v) is 6.78. The largest absolute Gasteiger partial charge is 0.381 e. The molecule has 0 aliphatic heterocycles. The number of benzene rings is 1. The number of hydrogen-bond donors (Lipinski definition) is 2. The molecule has 18 heavy (non-hydrogen) atoms. The highest BCUT2D eigenvalue weighted by Crippen LogP contribution is 2.24. The molecule has 2 heteroatoms. The van der Waals surface area contributed by atoms with Crippen LogP contribution in [0.2, 0.25) is 0 Å². The summed E-state index contributed by atoms with van der Waals surface area (Å²) < 4.78 is 0. The van der Waals surface area contributed by atoms with Gasteiger partial charge in [0.25, 0.3) is 0 Å². The van der Waals surface area contributed by atoms with Gasteiger partial charge in [-0.2, -0.15) is 0 Å². The Hall–Kier alpha value is -1.44. The van der Waals surface area contributed by atoms with Crippen LogP contribution in [0.1, 0.15) is 40.0 Å². The zero-order valence-corrected chi connectivity index (χ0v) is 11.6. The van der Waals surface area contributed by atoms with Crippen LogP contribution in [0.3, 0.4) is 0 Å². The lowest BCUT2D eigenvalue weighted by molar-refractivity contribution is 0.630. The number of H-pyrrole nitrogens is 1. The average molecular weight is 243 g/mol. The van der Waals surface area contributed by atoms with Gasteiger partial charge in [-0.3, -0.25) is 0 Å². The Morgan fingerprint density at radius 3 is 2.83 bits per heavy atom. The monoisotopic (exact) mass is 243 g/mol. The summed E-state index contributed by atoms with van der Waals surface area (Å²) in [5.74, 6) is 1.52. The van der Waals surface area contributed by atoms with Crippen LogP contribution in [0.4, 0.5) is 5.69 Å². The van der Waals surface area contributed by atoms with Crippen LogP contribution in [-0.4, -0.2) is 11.0 Å². The standard InChI is InChI=1S/C16H23N2/c1-12(2)7-6-8-13(3)18-16-11-17-15-10-5-4-9-14(15)16/h4-5,9-11,13,17-18H,6-8H2,1-3H3. The van der Waals surface area contributed by atoms with Gasteiger partial charge in [0.1, 0.15) is 0 Å². The average Bonchev–Trinajstić information content (AvgIpc) is 2.72. The molecule has 0 amide bonds. The Balaban J connectivity index is 1.92. The topological polar surface area (TPSA) is 27.8 Å². The minimum atomic E-state index is 0.517. The predicted octanol–water partition coefficient (Wildman–Crippen LogP) is 4.75. The third-order valence-corrected chi connectivity index (χ3v) is 3.31. The molecule has 1 unspecified atom stereocenters. The third kappa shape index (κ3) is 3.28. The summed E-state index contributed by atoms with van der Waals surface area (Å²) in [4.78, 5) is 3.30. The van der Waals surface area contributed by atoms with Crippen LogP contribution in [0, 0.1) is 5.92 Å². The third-order valence-electron chi connectivity index (χ3n) is 3.31. The fraction of sp³-hybridized carbons (Fsp3) is 0.438. The van der Waals surface area contributed by atoms with Crippen molar-refractivity contribution in [1.82, 2.24) is 4.98 Å². The van der Waals surface area contributed by atoms with Crippen molar-refractivity contribution in [2.75, 3.05) is 5.32 Å². The summed E-state index contributed by atoms with van der Waals surface area (Å²) in [6.07, 6.45) is 5.78. The van der Waals surface area contributed by atoms with E-state index in [1.54, 1.807) is 0 Å². The van der Waals surface area contributed by atoms with Gasteiger partial charge in [-0.15, -0.1) is 0 Å². The van der Waals surface area contributed by atoms with Crippen molar-refractivity contribution in [3.8, 4) is 0 Å². The molecule has 2 rings (SSSR count). The summed E-state index contributed by atoms with van der Waals surface area (Å²) in [6, 6.07) is 8.93. The Bertz CT molecular complexity index is 485. The lowest BCUT2D eigenvalue weighted by atomic mass is 10.0. The quantitative estimate of drug-likeness (QED) is 0.752. The maximum Gasteiger partial charge on any atom is 0.0599 e. The molecule has 1 aromatic heterocycles. The summed E-state index contributed by atoms with van der Waals surface area (Å²) in [6.45, 7) is 6.67. The number of anilines is 1. The molecular formula is C16H23N2. The van der Waals surface area contributed by atoms with Gasteiger partial charge in [0.2, 0.25) is 0 Å². The summed E-state index contributed by atoms with van der Waals surface area (Å²) in [7, 11) is 0. The molecule has 1 atom stereocenters. The van der Waals surface area contributed by atoms with E-state index in [0.717, 1.165) is 0 Å². The van der Waals surface area contributed by atoms with Gasteiger partial charge < -0.3 is 10.3 Å². The second-order valence-corrected chi connectivity index (χ2v) is 5.39. The molecule has 0 fully saturated rings. The number of para-hydroxylation sites is 1. The maximum atomic E-state index is 3.60. The van der Waals surface area contributed by atoms with Crippen molar-refractivity contribution in [3.63, 3.8) is 0 Å². The maximum absolute atomic E-state index is 3.60. The van der Waals surface area contributed by atoms with Crippen molar-refractivity contribution in [3.05, 3.63) is 36.4 Å². The van der Waals surface area contributed by atoms with Crippen molar-refractivity contribution in [1.29, 1.82) is 0 Å². The number of fused-ring (bicyclic) bond motifs is 1. The first kappa shape index (κ1) is 13.0. The van der Waals surface area contributed by atoms with Crippen LogP contribution in [0.15, 0.2) is 30.5 Å². The number of rotatable bonds is 6. The van der Waals surface area contributed by atoms with Crippen molar-refractivity contribution in [2.45, 2.75) is 46.1 Å². The van der Waals surface area contributed by atoms with Crippen molar-refractivity contribution < 1.29 is 0 Å². The molecule has 1 aromatic carbocycles. The SMILES string of the molecule is C[C](C)CCCC(C)Nc1c[nH]c2ccccc12. The lowest BCUT2D eigenvalue weighted by Gasteiger charge is -2.15.